The van der Waals surface area contributed by atoms with Crippen LogP contribution < -0.4 is 14.2 Å². The van der Waals surface area contributed by atoms with Crippen molar-refractivity contribution in [2.45, 2.75) is 12.2 Å². The number of phenols is 2. The number of phenolic OH excluding ortho intramolecular Hbond substituents is 2. The van der Waals surface area contributed by atoms with Crippen molar-refractivity contribution in [3.05, 3.63) is 41.5 Å². The summed E-state index contributed by atoms with van der Waals surface area (Å²) in [7, 11) is 4.53. The summed E-state index contributed by atoms with van der Waals surface area (Å²) in [6.45, 7) is 1.10. The summed E-state index contributed by atoms with van der Waals surface area (Å²) in [5.74, 6) is 1.52. The van der Waals surface area contributed by atoms with E-state index in [0.717, 1.165) is 11.1 Å². The molecule has 0 bridgehead atoms. The normalized spacial score (nSPS) is 26.1. The monoisotopic (exact) mass is 388 g/mol. The standard InChI is InChI=1S/C21H24O7/c1-24-16-6-11(4-5-15(16)22)20-13-9-28-21(14(13)10-27-20)12-7-17(25-2)19(23)18(8-12)26-3/h4-8,13-14,20-23H,9-10H2,1-3H3/t13-,14-,20+,21+/m1/s1. The SMILES string of the molecule is COc1cc([C@@H]2OC[C@@H]3[C@H]2CO[C@H]3c2cc(OC)c(O)c(OC)c2)ccc1O. The van der Waals surface area contributed by atoms with Gasteiger partial charge in [-0.2, -0.15) is 0 Å². The summed E-state index contributed by atoms with van der Waals surface area (Å²) in [6.07, 6.45) is -0.317. The average Bonchev–Trinajstić information content (AvgIpc) is 3.31. The smallest absolute Gasteiger partial charge is 0.200 e. The molecule has 0 saturated carbocycles. The molecule has 4 atom stereocenters. The van der Waals surface area contributed by atoms with Gasteiger partial charge in [0.2, 0.25) is 5.75 Å². The quantitative estimate of drug-likeness (QED) is 0.813. The van der Waals surface area contributed by atoms with Gasteiger partial charge in [0.1, 0.15) is 0 Å². The molecule has 2 aromatic rings. The molecule has 2 saturated heterocycles. The molecule has 7 heteroatoms. The van der Waals surface area contributed by atoms with Gasteiger partial charge in [-0.1, -0.05) is 6.07 Å². The number of methoxy groups -OCH3 is 3. The predicted octanol–water partition coefficient (Wildman–Crippen LogP) is 3.20. The van der Waals surface area contributed by atoms with Crippen molar-refractivity contribution >= 4 is 0 Å². The number of rotatable bonds is 5. The molecule has 2 aliphatic heterocycles. The number of fused-ring (bicyclic) bond motifs is 1. The van der Waals surface area contributed by atoms with E-state index in [1.54, 1.807) is 18.2 Å². The highest BCUT2D eigenvalue weighted by Gasteiger charge is 2.48. The second-order valence-electron chi connectivity index (χ2n) is 7.04. The Morgan fingerprint density at radius 2 is 1.25 bits per heavy atom. The van der Waals surface area contributed by atoms with E-state index in [1.807, 2.05) is 12.1 Å². The van der Waals surface area contributed by atoms with E-state index in [4.69, 9.17) is 23.7 Å². The highest BCUT2D eigenvalue weighted by molar-refractivity contribution is 5.53. The van der Waals surface area contributed by atoms with Crippen LogP contribution in [0.15, 0.2) is 30.3 Å². The maximum Gasteiger partial charge on any atom is 0.200 e. The van der Waals surface area contributed by atoms with E-state index in [1.165, 1.54) is 21.3 Å². The summed E-state index contributed by atoms with van der Waals surface area (Å²) in [5, 5.41) is 20.0. The van der Waals surface area contributed by atoms with Crippen molar-refractivity contribution in [1.82, 2.24) is 0 Å². The van der Waals surface area contributed by atoms with Gasteiger partial charge in [0.05, 0.1) is 46.8 Å². The van der Waals surface area contributed by atoms with Crippen LogP contribution in [0, 0.1) is 11.8 Å². The van der Waals surface area contributed by atoms with Gasteiger partial charge in [0.15, 0.2) is 23.0 Å². The Morgan fingerprint density at radius 1 is 0.750 bits per heavy atom. The van der Waals surface area contributed by atoms with Crippen molar-refractivity contribution in [3.63, 3.8) is 0 Å². The van der Waals surface area contributed by atoms with Crippen LogP contribution in [0.5, 0.6) is 28.7 Å². The summed E-state index contributed by atoms with van der Waals surface area (Å²) in [6, 6.07) is 8.84. The fourth-order valence-corrected chi connectivity index (χ4v) is 4.18. The minimum atomic E-state index is -0.183. The van der Waals surface area contributed by atoms with Gasteiger partial charge in [-0.05, 0) is 35.4 Å². The molecule has 0 aromatic heterocycles. The van der Waals surface area contributed by atoms with Gasteiger partial charge >= 0.3 is 0 Å². The second kappa shape index (κ2) is 7.41. The van der Waals surface area contributed by atoms with Gasteiger partial charge in [-0.3, -0.25) is 0 Å². The fourth-order valence-electron chi connectivity index (χ4n) is 4.18. The molecule has 2 N–H and O–H groups in total. The van der Waals surface area contributed by atoms with E-state index in [0.29, 0.717) is 30.5 Å². The Hall–Kier alpha value is -2.64. The largest absolute Gasteiger partial charge is 0.504 e. The molecule has 2 aliphatic rings. The van der Waals surface area contributed by atoms with Gasteiger partial charge in [0, 0.05) is 11.8 Å². The van der Waals surface area contributed by atoms with Crippen LogP contribution in [0.4, 0.5) is 0 Å². The Morgan fingerprint density at radius 3 is 1.79 bits per heavy atom. The zero-order valence-corrected chi connectivity index (χ0v) is 16.0. The molecule has 2 aromatic carbocycles. The summed E-state index contributed by atoms with van der Waals surface area (Å²) < 4.78 is 28.0. The Kier molecular flexibility index (Phi) is 4.95. The molecule has 150 valence electrons. The van der Waals surface area contributed by atoms with Crippen molar-refractivity contribution in [2.24, 2.45) is 11.8 Å². The minimum absolute atomic E-state index is 0.0277. The van der Waals surface area contributed by atoms with E-state index >= 15 is 0 Å². The molecular formula is C21H24O7. The molecule has 0 spiro atoms. The first-order valence-corrected chi connectivity index (χ1v) is 9.12. The molecule has 2 heterocycles. The third-order valence-corrected chi connectivity index (χ3v) is 5.63. The fraction of sp³-hybridized carbons (Fsp3) is 0.429. The highest BCUT2D eigenvalue weighted by atomic mass is 16.5. The van der Waals surface area contributed by atoms with Crippen molar-refractivity contribution in [3.8, 4) is 28.7 Å². The third kappa shape index (κ3) is 3.00. The van der Waals surface area contributed by atoms with Gasteiger partial charge in [0.25, 0.3) is 0 Å². The van der Waals surface area contributed by atoms with Crippen LogP contribution in [-0.2, 0) is 9.47 Å². The van der Waals surface area contributed by atoms with Crippen molar-refractivity contribution < 1.29 is 33.9 Å². The topological polar surface area (TPSA) is 86.6 Å². The molecule has 0 amide bonds. The lowest BCUT2D eigenvalue weighted by Crippen LogP contribution is -2.14. The number of benzene rings is 2. The Balaban J connectivity index is 1.61. The van der Waals surface area contributed by atoms with Gasteiger partial charge in [-0.25, -0.2) is 0 Å². The number of hydrogen-bond acceptors (Lipinski definition) is 7. The lowest BCUT2D eigenvalue weighted by molar-refractivity contribution is 0.0191. The van der Waals surface area contributed by atoms with Crippen LogP contribution in [0.2, 0.25) is 0 Å². The molecule has 2 fully saturated rings. The third-order valence-electron chi connectivity index (χ3n) is 5.63. The maximum atomic E-state index is 10.2. The predicted molar refractivity (Wildman–Crippen MR) is 100 cm³/mol. The molecule has 28 heavy (non-hydrogen) atoms. The summed E-state index contributed by atoms with van der Waals surface area (Å²) in [5.41, 5.74) is 1.83. The average molecular weight is 388 g/mol. The van der Waals surface area contributed by atoms with Crippen molar-refractivity contribution in [1.29, 1.82) is 0 Å². The van der Waals surface area contributed by atoms with Crippen LogP contribution in [0.1, 0.15) is 23.3 Å². The molecule has 4 rings (SSSR count). The highest BCUT2D eigenvalue weighted by Crippen LogP contribution is 2.52. The maximum absolute atomic E-state index is 10.2. The number of aromatic hydroxyl groups is 2. The molecule has 7 nitrogen and oxygen atoms in total. The zero-order chi connectivity index (χ0) is 19.8. The first-order chi connectivity index (χ1) is 13.6. The first-order valence-electron chi connectivity index (χ1n) is 9.12. The molecule has 0 unspecified atom stereocenters. The summed E-state index contributed by atoms with van der Waals surface area (Å²) >= 11 is 0. The van der Waals surface area contributed by atoms with E-state index in [-0.39, 0.29) is 35.5 Å². The minimum Gasteiger partial charge on any atom is -0.504 e. The van der Waals surface area contributed by atoms with E-state index in [2.05, 4.69) is 0 Å². The molecule has 0 radical (unpaired) electrons. The van der Waals surface area contributed by atoms with Crippen LogP contribution in [0.3, 0.4) is 0 Å². The first kappa shape index (κ1) is 18.7. The Labute approximate surface area is 163 Å². The van der Waals surface area contributed by atoms with Crippen LogP contribution >= 0.6 is 0 Å². The van der Waals surface area contributed by atoms with Crippen molar-refractivity contribution in [2.75, 3.05) is 34.5 Å². The van der Waals surface area contributed by atoms with Crippen LogP contribution in [0.25, 0.3) is 0 Å². The van der Waals surface area contributed by atoms with Gasteiger partial charge < -0.3 is 33.9 Å². The lowest BCUT2D eigenvalue weighted by atomic mass is 9.85. The van der Waals surface area contributed by atoms with E-state index in [9.17, 15) is 10.2 Å². The molecule has 0 aliphatic carbocycles. The lowest BCUT2D eigenvalue weighted by Gasteiger charge is -2.19. The number of hydrogen-bond donors (Lipinski definition) is 2. The molecular weight excluding hydrogens is 364 g/mol. The van der Waals surface area contributed by atoms with Gasteiger partial charge in [-0.15, -0.1) is 0 Å². The summed E-state index contributed by atoms with van der Waals surface area (Å²) in [4.78, 5) is 0. The van der Waals surface area contributed by atoms with Crippen LogP contribution in [-0.4, -0.2) is 44.8 Å². The second-order valence-corrected chi connectivity index (χ2v) is 7.04. The Bertz CT molecular complexity index is 841. The van der Waals surface area contributed by atoms with E-state index < -0.39 is 0 Å². The zero-order valence-electron chi connectivity index (χ0n) is 16.0. The number of ether oxygens (including phenoxy) is 5.